The molecule has 102 valence electrons. The van der Waals surface area contributed by atoms with E-state index in [9.17, 15) is 0 Å². The number of fused-ring (bicyclic) bond motifs is 1. The third-order valence-electron chi connectivity index (χ3n) is 3.33. The fourth-order valence-electron chi connectivity index (χ4n) is 2.40. The van der Waals surface area contributed by atoms with Crippen molar-refractivity contribution in [1.29, 1.82) is 0 Å². The van der Waals surface area contributed by atoms with E-state index in [1.807, 2.05) is 24.4 Å². The highest BCUT2D eigenvalue weighted by Crippen LogP contribution is 2.24. The summed E-state index contributed by atoms with van der Waals surface area (Å²) in [7, 11) is 2.13. The molecule has 0 spiro atoms. The average molecular weight is 283 g/mol. The molecule has 0 radical (unpaired) electrons. The van der Waals surface area contributed by atoms with Gasteiger partial charge in [-0.2, -0.15) is 0 Å². The standard InChI is InChI=1S/C16H17N3S/c1-19(11-13-4-3-9-20-13)10-12-6-7-15(17)14-5-2-8-18-16(12)14/h2-9H,10-11,17H2,1H3. The van der Waals surface area contributed by atoms with Crippen LogP contribution in [0.25, 0.3) is 10.9 Å². The predicted molar refractivity (Wildman–Crippen MR) is 85.6 cm³/mol. The molecule has 0 aliphatic heterocycles. The largest absolute Gasteiger partial charge is 0.398 e. The number of nitrogens with zero attached hydrogens (tertiary/aromatic N) is 2. The molecule has 0 atom stereocenters. The Labute approximate surface area is 122 Å². The van der Waals surface area contributed by atoms with E-state index < -0.39 is 0 Å². The number of anilines is 1. The first-order chi connectivity index (χ1) is 9.74. The van der Waals surface area contributed by atoms with Gasteiger partial charge in [0.25, 0.3) is 0 Å². The van der Waals surface area contributed by atoms with Crippen molar-refractivity contribution in [2.75, 3.05) is 12.8 Å². The molecular formula is C16H17N3S. The second-order valence-electron chi connectivity index (χ2n) is 4.97. The van der Waals surface area contributed by atoms with E-state index in [2.05, 4.69) is 40.5 Å². The molecule has 2 heterocycles. The van der Waals surface area contributed by atoms with Crippen molar-refractivity contribution < 1.29 is 0 Å². The lowest BCUT2D eigenvalue weighted by Crippen LogP contribution is -2.17. The van der Waals surface area contributed by atoms with Crippen LogP contribution in [0.15, 0.2) is 48.0 Å². The molecule has 3 rings (SSSR count). The number of aromatic nitrogens is 1. The van der Waals surface area contributed by atoms with Crippen molar-refractivity contribution in [2.24, 2.45) is 0 Å². The molecule has 4 heteroatoms. The topological polar surface area (TPSA) is 42.1 Å². The fraction of sp³-hybridized carbons (Fsp3) is 0.188. The van der Waals surface area contributed by atoms with Gasteiger partial charge in [-0.05, 0) is 42.3 Å². The molecule has 3 aromatic rings. The SMILES string of the molecule is CN(Cc1cccs1)Cc1ccc(N)c2cccnc12. The third-order valence-corrected chi connectivity index (χ3v) is 4.19. The van der Waals surface area contributed by atoms with E-state index in [1.54, 1.807) is 11.3 Å². The molecule has 2 N–H and O–H groups in total. The molecule has 0 bridgehead atoms. The summed E-state index contributed by atoms with van der Waals surface area (Å²) in [5.74, 6) is 0. The number of hydrogen-bond donors (Lipinski definition) is 1. The van der Waals surface area contributed by atoms with Crippen LogP contribution in [-0.4, -0.2) is 16.9 Å². The van der Waals surface area contributed by atoms with Gasteiger partial charge in [0.1, 0.15) is 0 Å². The molecule has 0 saturated carbocycles. The first kappa shape index (κ1) is 13.1. The first-order valence-electron chi connectivity index (χ1n) is 6.57. The van der Waals surface area contributed by atoms with E-state index in [0.717, 1.165) is 29.7 Å². The Kier molecular flexibility index (Phi) is 3.67. The van der Waals surface area contributed by atoms with Gasteiger partial charge in [-0.15, -0.1) is 11.3 Å². The lowest BCUT2D eigenvalue weighted by Gasteiger charge is -2.17. The van der Waals surface area contributed by atoms with E-state index >= 15 is 0 Å². The zero-order valence-corrected chi connectivity index (χ0v) is 12.2. The molecule has 0 saturated heterocycles. The molecular weight excluding hydrogens is 266 g/mol. The normalized spacial score (nSPS) is 11.3. The zero-order chi connectivity index (χ0) is 13.9. The van der Waals surface area contributed by atoms with Gasteiger partial charge in [0.2, 0.25) is 0 Å². The minimum atomic E-state index is 0.790. The van der Waals surface area contributed by atoms with E-state index in [4.69, 9.17) is 5.73 Å². The lowest BCUT2D eigenvalue weighted by atomic mass is 10.1. The Morgan fingerprint density at radius 2 is 2.05 bits per heavy atom. The van der Waals surface area contributed by atoms with Crippen LogP contribution in [-0.2, 0) is 13.1 Å². The van der Waals surface area contributed by atoms with Crippen molar-refractivity contribution in [2.45, 2.75) is 13.1 Å². The van der Waals surface area contributed by atoms with Crippen molar-refractivity contribution in [3.63, 3.8) is 0 Å². The number of benzene rings is 1. The number of nitrogens with two attached hydrogens (primary N) is 1. The maximum absolute atomic E-state index is 6.01. The molecule has 3 nitrogen and oxygen atoms in total. The van der Waals surface area contributed by atoms with Crippen molar-refractivity contribution in [3.8, 4) is 0 Å². The van der Waals surface area contributed by atoms with Gasteiger partial charge in [0.15, 0.2) is 0 Å². The summed E-state index contributed by atoms with van der Waals surface area (Å²) in [5, 5.41) is 3.15. The van der Waals surface area contributed by atoms with Crippen LogP contribution in [0.3, 0.4) is 0 Å². The van der Waals surface area contributed by atoms with E-state index in [-0.39, 0.29) is 0 Å². The highest BCUT2D eigenvalue weighted by atomic mass is 32.1. The molecule has 0 fully saturated rings. The van der Waals surface area contributed by atoms with Crippen molar-refractivity contribution in [1.82, 2.24) is 9.88 Å². The summed E-state index contributed by atoms with van der Waals surface area (Å²) < 4.78 is 0. The second-order valence-corrected chi connectivity index (χ2v) is 6.00. The highest BCUT2D eigenvalue weighted by Gasteiger charge is 2.08. The molecule has 1 aromatic carbocycles. The van der Waals surface area contributed by atoms with Crippen LogP contribution in [0.2, 0.25) is 0 Å². The van der Waals surface area contributed by atoms with Gasteiger partial charge in [-0.1, -0.05) is 12.1 Å². The summed E-state index contributed by atoms with van der Waals surface area (Å²) >= 11 is 1.79. The van der Waals surface area contributed by atoms with Gasteiger partial charge in [-0.25, -0.2) is 0 Å². The Balaban J connectivity index is 1.85. The lowest BCUT2D eigenvalue weighted by molar-refractivity contribution is 0.323. The smallest absolute Gasteiger partial charge is 0.0767 e. The molecule has 0 aliphatic carbocycles. The number of hydrogen-bond acceptors (Lipinski definition) is 4. The van der Waals surface area contributed by atoms with Gasteiger partial charge in [0.05, 0.1) is 5.52 Å². The van der Waals surface area contributed by atoms with E-state index in [0.29, 0.717) is 0 Å². The Hall–Kier alpha value is -1.91. The molecule has 2 aromatic heterocycles. The molecule has 0 amide bonds. The van der Waals surface area contributed by atoms with Crippen molar-refractivity contribution >= 4 is 27.9 Å². The van der Waals surface area contributed by atoms with Crippen molar-refractivity contribution in [3.05, 3.63) is 58.4 Å². The van der Waals surface area contributed by atoms with E-state index in [1.165, 1.54) is 10.4 Å². The molecule has 0 aliphatic rings. The maximum Gasteiger partial charge on any atom is 0.0767 e. The van der Waals surface area contributed by atoms with Crippen LogP contribution in [0, 0.1) is 0 Å². The fourth-order valence-corrected chi connectivity index (χ4v) is 3.18. The third kappa shape index (κ3) is 2.66. The monoisotopic (exact) mass is 283 g/mol. The minimum Gasteiger partial charge on any atom is -0.398 e. The Bertz CT molecular complexity index is 707. The quantitative estimate of drug-likeness (QED) is 0.745. The summed E-state index contributed by atoms with van der Waals surface area (Å²) in [4.78, 5) is 8.16. The van der Waals surface area contributed by atoms with Crippen LogP contribution in [0.4, 0.5) is 5.69 Å². The average Bonchev–Trinajstić information content (AvgIpc) is 2.95. The van der Waals surface area contributed by atoms with Crippen LogP contribution in [0.1, 0.15) is 10.4 Å². The minimum absolute atomic E-state index is 0.790. The Morgan fingerprint density at radius 3 is 2.85 bits per heavy atom. The van der Waals surface area contributed by atoms with Crippen LogP contribution < -0.4 is 5.73 Å². The first-order valence-corrected chi connectivity index (χ1v) is 7.45. The van der Waals surface area contributed by atoms with Crippen LogP contribution >= 0.6 is 11.3 Å². The number of thiophene rings is 1. The zero-order valence-electron chi connectivity index (χ0n) is 11.4. The number of rotatable bonds is 4. The van der Waals surface area contributed by atoms with Gasteiger partial charge in [0, 0.05) is 35.2 Å². The van der Waals surface area contributed by atoms with Gasteiger partial charge < -0.3 is 5.73 Å². The summed E-state index contributed by atoms with van der Waals surface area (Å²) in [6, 6.07) is 12.3. The second kappa shape index (κ2) is 5.61. The maximum atomic E-state index is 6.01. The molecule has 20 heavy (non-hydrogen) atoms. The Morgan fingerprint density at radius 1 is 1.15 bits per heavy atom. The summed E-state index contributed by atoms with van der Waals surface area (Å²) in [6.45, 7) is 1.82. The predicted octanol–water partition coefficient (Wildman–Crippen LogP) is 3.51. The number of nitrogen functional groups attached to an aromatic ring is 1. The summed E-state index contributed by atoms with van der Waals surface area (Å²) in [5.41, 5.74) is 9.02. The van der Waals surface area contributed by atoms with Gasteiger partial charge >= 0.3 is 0 Å². The highest BCUT2D eigenvalue weighted by molar-refractivity contribution is 7.09. The van der Waals surface area contributed by atoms with Gasteiger partial charge in [-0.3, -0.25) is 9.88 Å². The molecule has 0 unspecified atom stereocenters. The summed E-state index contributed by atoms with van der Waals surface area (Å²) in [6.07, 6.45) is 1.82. The van der Waals surface area contributed by atoms with Crippen LogP contribution in [0.5, 0.6) is 0 Å². The number of pyridine rings is 1.